The van der Waals surface area contributed by atoms with Gasteiger partial charge in [-0.15, -0.1) is 0 Å². The van der Waals surface area contributed by atoms with Gasteiger partial charge in [0, 0.05) is 12.0 Å². The molecule has 2 aliphatic rings. The average molecular weight is 232 g/mol. The maximum absolute atomic E-state index is 11.8. The summed E-state index contributed by atoms with van der Waals surface area (Å²) in [6.45, 7) is 7.96. The third-order valence-corrected chi connectivity index (χ3v) is 3.94. The Labute approximate surface area is 101 Å². The van der Waals surface area contributed by atoms with Crippen LogP contribution in [0.5, 0.6) is 5.75 Å². The van der Waals surface area contributed by atoms with E-state index in [0.29, 0.717) is 6.42 Å². The molecule has 0 aliphatic carbocycles. The second-order valence-electron chi connectivity index (χ2n) is 5.31. The number of hydrogen-bond acceptors (Lipinski definition) is 3. The van der Waals surface area contributed by atoms with Crippen molar-refractivity contribution in [3.8, 4) is 5.75 Å². The molecule has 3 nitrogen and oxygen atoms in total. The average Bonchev–Trinajstić information content (AvgIpc) is 2.46. The van der Waals surface area contributed by atoms with Crippen LogP contribution in [0.4, 0.5) is 0 Å². The van der Waals surface area contributed by atoms with E-state index in [1.165, 1.54) is 5.56 Å². The van der Waals surface area contributed by atoms with Crippen LogP contribution in [0.25, 0.3) is 0 Å². The van der Waals surface area contributed by atoms with Gasteiger partial charge < -0.3 is 9.47 Å². The van der Waals surface area contributed by atoms with Gasteiger partial charge in [0.15, 0.2) is 0 Å². The van der Waals surface area contributed by atoms with Gasteiger partial charge in [-0.1, -0.05) is 6.07 Å². The first-order chi connectivity index (χ1) is 7.92. The molecule has 2 unspecified atom stereocenters. The van der Waals surface area contributed by atoms with E-state index in [2.05, 4.69) is 13.0 Å². The molecule has 1 aromatic rings. The molecule has 2 aliphatic heterocycles. The van der Waals surface area contributed by atoms with Gasteiger partial charge in [-0.25, -0.2) is 4.79 Å². The molecule has 0 spiro atoms. The van der Waals surface area contributed by atoms with E-state index in [4.69, 9.17) is 9.47 Å². The number of aryl methyl sites for hydroxylation is 2. The highest BCUT2D eigenvalue weighted by Crippen LogP contribution is 2.50. The molecule has 3 heteroatoms. The summed E-state index contributed by atoms with van der Waals surface area (Å²) in [6.07, 6.45) is 0.498. The maximum Gasteiger partial charge on any atom is 0.350 e. The summed E-state index contributed by atoms with van der Waals surface area (Å²) in [5.41, 5.74) is 3.71. The van der Waals surface area contributed by atoms with Crippen LogP contribution < -0.4 is 4.74 Å². The highest BCUT2D eigenvalue weighted by molar-refractivity contribution is 5.83. The van der Waals surface area contributed by atoms with Crippen molar-refractivity contribution in [2.75, 3.05) is 0 Å². The van der Waals surface area contributed by atoms with Crippen molar-refractivity contribution < 1.29 is 14.3 Å². The quantitative estimate of drug-likeness (QED) is 0.645. The van der Waals surface area contributed by atoms with Crippen LogP contribution in [0, 0.1) is 20.8 Å². The molecule has 2 heterocycles. The van der Waals surface area contributed by atoms with E-state index >= 15 is 0 Å². The Morgan fingerprint density at radius 3 is 2.71 bits per heavy atom. The number of rotatable bonds is 0. The van der Waals surface area contributed by atoms with E-state index < -0.39 is 5.60 Å². The van der Waals surface area contributed by atoms with Crippen LogP contribution in [-0.2, 0) is 9.53 Å². The number of carbonyl (C=O) groups excluding carboxylic acids is 1. The van der Waals surface area contributed by atoms with E-state index in [0.717, 1.165) is 22.4 Å². The predicted molar refractivity (Wildman–Crippen MR) is 63.1 cm³/mol. The van der Waals surface area contributed by atoms with Crippen LogP contribution >= 0.6 is 0 Å². The summed E-state index contributed by atoms with van der Waals surface area (Å²) in [6, 6.07) is 2.13. The summed E-state index contributed by atoms with van der Waals surface area (Å²) >= 11 is 0. The molecule has 1 fully saturated rings. The fourth-order valence-corrected chi connectivity index (χ4v) is 2.80. The lowest BCUT2D eigenvalue weighted by Crippen LogP contribution is -2.39. The van der Waals surface area contributed by atoms with Crippen molar-refractivity contribution in [3.63, 3.8) is 0 Å². The maximum atomic E-state index is 11.8. The van der Waals surface area contributed by atoms with Crippen LogP contribution in [0.1, 0.15) is 41.7 Å². The molecule has 0 saturated carbocycles. The topological polar surface area (TPSA) is 35.5 Å². The van der Waals surface area contributed by atoms with Gasteiger partial charge in [0.1, 0.15) is 11.9 Å². The first-order valence-corrected chi connectivity index (χ1v) is 5.93. The molecule has 1 aromatic carbocycles. The molecule has 0 radical (unpaired) electrons. The van der Waals surface area contributed by atoms with Crippen molar-refractivity contribution in [1.82, 2.24) is 0 Å². The normalized spacial score (nSPS) is 29.6. The highest BCUT2D eigenvalue weighted by Gasteiger charge is 2.53. The van der Waals surface area contributed by atoms with Gasteiger partial charge in [-0.2, -0.15) is 0 Å². The molecule has 2 atom stereocenters. The van der Waals surface area contributed by atoms with Gasteiger partial charge in [0.25, 0.3) is 0 Å². The number of carbonyl (C=O) groups is 1. The Hall–Kier alpha value is -1.51. The minimum absolute atomic E-state index is 0.129. The van der Waals surface area contributed by atoms with E-state index in [1.807, 2.05) is 20.8 Å². The van der Waals surface area contributed by atoms with Gasteiger partial charge in [0.2, 0.25) is 5.60 Å². The first-order valence-electron chi connectivity index (χ1n) is 5.93. The zero-order valence-corrected chi connectivity index (χ0v) is 10.6. The van der Waals surface area contributed by atoms with E-state index in [-0.39, 0.29) is 12.1 Å². The molecule has 0 N–H and O–H groups in total. The second kappa shape index (κ2) is 3.03. The molecule has 17 heavy (non-hydrogen) atoms. The Bertz CT molecular complexity index is 533. The van der Waals surface area contributed by atoms with Crippen molar-refractivity contribution in [3.05, 3.63) is 28.3 Å². The Balaban J connectivity index is 2.26. The molecular weight excluding hydrogens is 216 g/mol. The van der Waals surface area contributed by atoms with E-state index in [1.54, 1.807) is 0 Å². The minimum atomic E-state index is -0.789. The molecular formula is C14H16O3. The number of hydrogen-bond donors (Lipinski definition) is 0. The lowest BCUT2D eigenvalue weighted by Gasteiger charge is -2.30. The molecule has 90 valence electrons. The summed E-state index contributed by atoms with van der Waals surface area (Å²) in [7, 11) is 0. The summed E-state index contributed by atoms with van der Waals surface area (Å²) < 4.78 is 11.4. The SMILES string of the molecule is Cc1cc(C)c2c(c1C)OC1(C)CC2OC1=O. The zero-order valence-electron chi connectivity index (χ0n) is 10.6. The third kappa shape index (κ3) is 1.25. The lowest BCUT2D eigenvalue weighted by molar-refractivity contribution is -0.150. The fourth-order valence-electron chi connectivity index (χ4n) is 2.80. The van der Waals surface area contributed by atoms with Gasteiger partial charge >= 0.3 is 5.97 Å². The molecule has 1 saturated heterocycles. The lowest BCUT2D eigenvalue weighted by atomic mass is 9.88. The van der Waals surface area contributed by atoms with Crippen molar-refractivity contribution in [2.45, 2.75) is 45.8 Å². The van der Waals surface area contributed by atoms with Gasteiger partial charge in [0.05, 0.1) is 0 Å². The third-order valence-electron chi connectivity index (χ3n) is 3.94. The number of fused-ring (bicyclic) bond motifs is 4. The van der Waals surface area contributed by atoms with Crippen LogP contribution in [0.2, 0.25) is 0 Å². The Kier molecular flexibility index (Phi) is 1.90. The van der Waals surface area contributed by atoms with Crippen LogP contribution in [0.3, 0.4) is 0 Å². The van der Waals surface area contributed by atoms with Crippen molar-refractivity contribution in [1.29, 1.82) is 0 Å². The number of esters is 1. The standard InChI is InChI=1S/C14H16O3/c1-7-5-8(2)11-10-6-14(4,13(15)16-10)17-12(11)9(7)3/h5,10H,6H2,1-4H3. The zero-order chi connectivity index (χ0) is 12.4. The molecule has 0 aromatic heterocycles. The predicted octanol–water partition coefficient (Wildman–Crippen LogP) is 2.75. The second-order valence-corrected chi connectivity index (χ2v) is 5.31. The van der Waals surface area contributed by atoms with Crippen LogP contribution in [-0.4, -0.2) is 11.6 Å². The monoisotopic (exact) mass is 232 g/mol. The van der Waals surface area contributed by atoms with Gasteiger partial charge in [-0.05, 0) is 44.4 Å². The van der Waals surface area contributed by atoms with Crippen molar-refractivity contribution in [2.24, 2.45) is 0 Å². The Morgan fingerprint density at radius 2 is 2.00 bits per heavy atom. The van der Waals surface area contributed by atoms with E-state index in [9.17, 15) is 4.79 Å². The smallest absolute Gasteiger partial charge is 0.350 e. The summed E-state index contributed by atoms with van der Waals surface area (Å²) in [5, 5.41) is 0. The molecule has 0 amide bonds. The van der Waals surface area contributed by atoms with Gasteiger partial charge in [-0.3, -0.25) is 0 Å². The Morgan fingerprint density at radius 1 is 1.29 bits per heavy atom. The number of benzene rings is 1. The largest absolute Gasteiger partial charge is 0.475 e. The first kappa shape index (κ1) is 10.6. The van der Waals surface area contributed by atoms with Crippen LogP contribution in [0.15, 0.2) is 6.07 Å². The summed E-state index contributed by atoms with van der Waals surface area (Å²) in [4.78, 5) is 11.8. The molecule has 3 rings (SSSR count). The fraction of sp³-hybridized carbons (Fsp3) is 0.500. The molecule has 2 bridgehead atoms. The van der Waals surface area contributed by atoms with Crippen molar-refractivity contribution >= 4 is 5.97 Å². The highest BCUT2D eigenvalue weighted by atomic mass is 16.6. The summed E-state index contributed by atoms with van der Waals surface area (Å²) in [5.74, 6) is 0.613. The minimum Gasteiger partial charge on any atom is -0.475 e. The number of ether oxygens (including phenoxy) is 2.